The topological polar surface area (TPSA) is 173 Å². The summed E-state index contributed by atoms with van der Waals surface area (Å²) in [4.78, 5) is 0. The van der Waals surface area contributed by atoms with Crippen molar-refractivity contribution in [3.63, 3.8) is 0 Å². The van der Waals surface area contributed by atoms with Crippen molar-refractivity contribution < 1.29 is 50.4 Å². The second-order valence-corrected chi connectivity index (χ2v) is 25.0. The molecule has 0 radical (unpaired) electrons. The Morgan fingerprint density at radius 3 is 0.605 bits per heavy atom. The number of fused-ring (bicyclic) bond motifs is 4. The summed E-state index contributed by atoms with van der Waals surface area (Å²) in [7, 11) is -15.8. The molecule has 0 spiro atoms. The molecular formula is C60H42O12S4. The lowest BCUT2D eigenvalue weighted by molar-refractivity contribution is 0.494. The predicted octanol–water partition coefficient (Wildman–Crippen LogP) is 13.2. The minimum absolute atomic E-state index is 0.149. The highest BCUT2D eigenvalue weighted by Gasteiger charge is 2.30. The quantitative estimate of drug-likeness (QED) is 0.0838. The Hall–Kier alpha value is -8.28. The first-order valence-electron chi connectivity index (χ1n) is 23.6. The maximum absolute atomic E-state index is 12.7. The van der Waals surface area contributed by atoms with Crippen LogP contribution in [0.3, 0.4) is 0 Å². The van der Waals surface area contributed by atoms with E-state index >= 15 is 0 Å². The lowest BCUT2D eigenvalue weighted by Gasteiger charge is -2.27. The van der Waals surface area contributed by atoms with Crippen LogP contribution in [0, 0.1) is 0 Å². The lowest BCUT2D eigenvalue weighted by atomic mass is 9.76. The van der Waals surface area contributed by atoms with Crippen molar-refractivity contribution in [2.75, 3.05) is 25.0 Å². The Balaban J connectivity index is 1.32. The van der Waals surface area contributed by atoms with Crippen LogP contribution in [-0.4, -0.2) is 58.7 Å². The number of hydrogen-bond donors (Lipinski definition) is 0. The van der Waals surface area contributed by atoms with Crippen LogP contribution in [0.1, 0.15) is 0 Å². The Kier molecular flexibility index (Phi) is 11.3. The highest BCUT2D eigenvalue weighted by atomic mass is 32.2. The summed E-state index contributed by atoms with van der Waals surface area (Å²) in [5, 5.41) is 9.95. The Bertz CT molecular complexity index is 4320. The van der Waals surface area contributed by atoms with E-state index in [-0.39, 0.29) is 23.0 Å². The zero-order chi connectivity index (χ0) is 53.1. The molecule has 378 valence electrons. The molecule has 76 heavy (non-hydrogen) atoms. The van der Waals surface area contributed by atoms with E-state index in [9.17, 15) is 33.7 Å². The van der Waals surface area contributed by atoms with Crippen LogP contribution in [0.25, 0.3) is 120 Å². The molecule has 0 unspecified atom stereocenters. The van der Waals surface area contributed by atoms with E-state index in [2.05, 4.69) is 24.3 Å². The van der Waals surface area contributed by atoms with Gasteiger partial charge in [-0.25, -0.2) is 0 Å². The largest absolute Gasteiger partial charge is 0.382 e. The van der Waals surface area contributed by atoms with E-state index in [4.69, 9.17) is 16.7 Å². The fourth-order valence-corrected chi connectivity index (χ4v) is 12.9. The molecule has 12 aromatic carbocycles. The lowest BCUT2D eigenvalue weighted by Crippen LogP contribution is -2.07. The van der Waals surface area contributed by atoms with E-state index in [1.54, 1.807) is 24.3 Å². The highest BCUT2D eigenvalue weighted by Crippen LogP contribution is 2.57. The van der Waals surface area contributed by atoms with Gasteiger partial charge in [0.05, 0.1) is 25.0 Å². The molecular weight excluding hydrogens is 1040 g/mol. The molecule has 0 heterocycles. The minimum atomic E-state index is -3.95. The highest BCUT2D eigenvalue weighted by molar-refractivity contribution is 7.87. The fourth-order valence-electron chi connectivity index (χ4n) is 11.0. The van der Waals surface area contributed by atoms with Gasteiger partial charge in [0.2, 0.25) is 0 Å². The molecule has 0 aliphatic carbocycles. The van der Waals surface area contributed by atoms with Gasteiger partial charge >= 0.3 is 40.5 Å². The van der Waals surface area contributed by atoms with E-state index in [0.717, 1.165) is 102 Å². The average Bonchev–Trinajstić information content (AvgIpc) is 3.41. The van der Waals surface area contributed by atoms with Crippen LogP contribution in [0.4, 0.5) is 0 Å². The molecule has 0 aliphatic rings. The summed E-state index contributed by atoms with van der Waals surface area (Å²) >= 11 is 0. The Morgan fingerprint density at radius 2 is 0.408 bits per heavy atom. The monoisotopic (exact) mass is 1080 g/mol. The zero-order valence-corrected chi connectivity index (χ0v) is 44.1. The maximum atomic E-state index is 12.7. The molecule has 12 nitrogen and oxygen atoms in total. The molecule has 12 rings (SSSR count). The van der Waals surface area contributed by atoms with Gasteiger partial charge in [-0.2, -0.15) is 33.7 Å². The third-order valence-electron chi connectivity index (χ3n) is 13.5. The van der Waals surface area contributed by atoms with Gasteiger partial charge in [-0.1, -0.05) is 133 Å². The first-order valence-corrected chi connectivity index (χ1v) is 30.9. The SMILES string of the molecule is CS(=O)(=O)Oc1ccc(-c2c(-c3ccc(OS(C)(=O)=O)c4ccccc34)c3cccc4c(-c5ccc(OS(C)(=O)=O)c6ccccc56)c(-c5ccc(OS(C)(=O)=O)c6ccccc56)c5cccc2c5c34)c2ccccc12. The second-order valence-electron chi connectivity index (χ2n) is 18.7. The smallest absolute Gasteiger partial charge is 0.306 e. The van der Waals surface area contributed by atoms with Crippen molar-refractivity contribution in [2.24, 2.45) is 0 Å². The average molecular weight is 1080 g/mol. The zero-order valence-electron chi connectivity index (χ0n) is 40.9. The molecule has 0 atom stereocenters. The van der Waals surface area contributed by atoms with Crippen LogP contribution in [-0.2, 0) is 40.5 Å². The second kappa shape index (κ2) is 17.7. The molecule has 0 bridgehead atoms. The Labute approximate surface area is 438 Å². The molecule has 0 fully saturated rings. The van der Waals surface area contributed by atoms with Crippen LogP contribution >= 0.6 is 0 Å². The molecule has 0 saturated heterocycles. The summed E-state index contributed by atoms with van der Waals surface area (Å²) in [5.74, 6) is 0.595. The van der Waals surface area contributed by atoms with Crippen molar-refractivity contribution in [1.82, 2.24) is 0 Å². The Morgan fingerprint density at radius 1 is 0.224 bits per heavy atom. The van der Waals surface area contributed by atoms with Crippen molar-refractivity contribution in [2.45, 2.75) is 0 Å². The van der Waals surface area contributed by atoms with E-state index in [1.807, 2.05) is 133 Å². The van der Waals surface area contributed by atoms with Crippen LogP contribution in [0.15, 0.2) is 182 Å². The molecule has 16 heteroatoms. The number of benzene rings is 12. The van der Waals surface area contributed by atoms with Crippen molar-refractivity contribution in [3.8, 4) is 67.5 Å². The van der Waals surface area contributed by atoms with Crippen LogP contribution in [0.2, 0.25) is 0 Å². The minimum Gasteiger partial charge on any atom is -0.382 e. The van der Waals surface area contributed by atoms with Gasteiger partial charge in [0.15, 0.2) is 0 Å². The fraction of sp³-hybridized carbons (Fsp3) is 0.0667. The van der Waals surface area contributed by atoms with Gasteiger partial charge in [-0.05, 0) is 147 Å². The summed E-state index contributed by atoms with van der Waals surface area (Å²) in [6.07, 6.45) is 4.00. The van der Waals surface area contributed by atoms with Gasteiger partial charge in [0, 0.05) is 21.5 Å². The number of rotatable bonds is 12. The van der Waals surface area contributed by atoms with E-state index in [1.165, 1.54) is 0 Å². The summed E-state index contributed by atoms with van der Waals surface area (Å²) in [5.41, 5.74) is 6.10. The van der Waals surface area contributed by atoms with Crippen molar-refractivity contribution in [3.05, 3.63) is 182 Å². The third-order valence-corrected chi connectivity index (χ3v) is 15.5. The van der Waals surface area contributed by atoms with E-state index in [0.29, 0.717) is 43.1 Å². The molecule has 12 aromatic rings. The molecule has 0 N–H and O–H groups in total. The van der Waals surface area contributed by atoms with Gasteiger partial charge in [-0.3, -0.25) is 0 Å². The molecule has 0 aromatic heterocycles. The predicted molar refractivity (Wildman–Crippen MR) is 304 cm³/mol. The van der Waals surface area contributed by atoms with Crippen molar-refractivity contribution in [1.29, 1.82) is 0 Å². The summed E-state index contributed by atoms with van der Waals surface area (Å²) < 4.78 is 124. The maximum Gasteiger partial charge on any atom is 0.306 e. The third kappa shape index (κ3) is 8.52. The van der Waals surface area contributed by atoms with Gasteiger partial charge in [0.25, 0.3) is 0 Å². The molecule has 0 amide bonds. The number of hydrogen-bond acceptors (Lipinski definition) is 12. The standard InChI is InChI=1S/C60H42O12S4/c1-73(61,62)69-51-31-27-43(35-15-5-9-19-39(35)51)55-47-23-13-25-49-57(45-29-33-53(71-75(3,65)66)41-21-11-7-17-37(41)45)58(46-30-34-54(72-76(4,67)68)42-22-12-8-18-38(42)46)50-26-14-24-48(60(50)59(47)49)56(55)44-28-32-52(70-74(2,63)64)40-20-10-6-16-36(40)44/h5-34H,1-4H3. The van der Waals surface area contributed by atoms with Crippen LogP contribution in [0.5, 0.6) is 23.0 Å². The summed E-state index contributed by atoms with van der Waals surface area (Å²) in [6, 6.07) is 56.0. The first-order chi connectivity index (χ1) is 36.2. The summed E-state index contributed by atoms with van der Waals surface area (Å²) in [6.45, 7) is 0. The van der Waals surface area contributed by atoms with Gasteiger partial charge in [0.1, 0.15) is 23.0 Å². The van der Waals surface area contributed by atoms with Crippen LogP contribution < -0.4 is 16.7 Å². The van der Waals surface area contributed by atoms with Gasteiger partial charge < -0.3 is 16.7 Å². The normalized spacial score (nSPS) is 12.6. The first kappa shape index (κ1) is 48.6. The van der Waals surface area contributed by atoms with Gasteiger partial charge in [-0.15, -0.1) is 0 Å². The molecule has 0 aliphatic heterocycles. The van der Waals surface area contributed by atoms with Crippen molar-refractivity contribution >= 4 is 116 Å². The van der Waals surface area contributed by atoms with E-state index < -0.39 is 40.5 Å². The molecule has 0 saturated carbocycles.